The van der Waals surface area contributed by atoms with Crippen LogP contribution in [-0.2, 0) is 12.0 Å². The highest BCUT2D eigenvalue weighted by Crippen LogP contribution is 2.42. The number of hydrogen-bond donors (Lipinski definition) is 1. The number of methoxy groups -OCH3 is 1. The van der Waals surface area contributed by atoms with Crippen molar-refractivity contribution in [1.29, 1.82) is 5.26 Å². The van der Waals surface area contributed by atoms with Crippen molar-refractivity contribution in [2.24, 2.45) is 0 Å². The summed E-state index contributed by atoms with van der Waals surface area (Å²) >= 11 is 0. The van der Waals surface area contributed by atoms with Crippen LogP contribution in [0.5, 0.6) is 5.75 Å². The zero-order valence-electron chi connectivity index (χ0n) is 11.3. The van der Waals surface area contributed by atoms with Crippen LogP contribution >= 0.6 is 0 Å². The van der Waals surface area contributed by atoms with Gasteiger partial charge in [-0.25, -0.2) is 0 Å². The first-order valence-corrected chi connectivity index (χ1v) is 6.84. The molecule has 4 heteroatoms. The van der Waals surface area contributed by atoms with E-state index in [0.717, 1.165) is 50.3 Å². The van der Waals surface area contributed by atoms with Crippen molar-refractivity contribution in [3.63, 3.8) is 0 Å². The fraction of sp³-hybridized carbons (Fsp3) is 0.533. The van der Waals surface area contributed by atoms with Crippen LogP contribution in [-0.4, -0.2) is 38.2 Å². The van der Waals surface area contributed by atoms with Crippen LogP contribution in [0.3, 0.4) is 0 Å². The van der Waals surface area contributed by atoms with Crippen LogP contribution in [0.2, 0.25) is 0 Å². The lowest BCUT2D eigenvalue weighted by molar-refractivity contribution is 0.118. The van der Waals surface area contributed by atoms with Crippen molar-refractivity contribution < 1.29 is 4.74 Å². The summed E-state index contributed by atoms with van der Waals surface area (Å²) in [6.45, 7) is 3.79. The van der Waals surface area contributed by atoms with E-state index in [0.29, 0.717) is 0 Å². The zero-order valence-corrected chi connectivity index (χ0v) is 11.3. The molecule has 4 nitrogen and oxygen atoms in total. The molecule has 0 spiro atoms. The Morgan fingerprint density at radius 3 is 2.84 bits per heavy atom. The van der Waals surface area contributed by atoms with E-state index in [1.54, 1.807) is 7.11 Å². The number of benzene rings is 1. The minimum absolute atomic E-state index is 0.452. The predicted molar refractivity (Wildman–Crippen MR) is 73.0 cm³/mol. The van der Waals surface area contributed by atoms with Crippen molar-refractivity contribution in [3.8, 4) is 11.8 Å². The third-order valence-electron chi connectivity index (χ3n) is 4.36. The van der Waals surface area contributed by atoms with E-state index >= 15 is 0 Å². The highest BCUT2D eigenvalue weighted by Gasteiger charge is 2.44. The Morgan fingerprint density at radius 1 is 1.37 bits per heavy atom. The van der Waals surface area contributed by atoms with Crippen molar-refractivity contribution in [3.05, 3.63) is 29.3 Å². The highest BCUT2D eigenvalue weighted by atomic mass is 16.5. The van der Waals surface area contributed by atoms with Gasteiger partial charge in [0.15, 0.2) is 0 Å². The van der Waals surface area contributed by atoms with Gasteiger partial charge in [-0.3, -0.25) is 4.90 Å². The summed E-state index contributed by atoms with van der Waals surface area (Å²) < 4.78 is 5.32. The average molecular weight is 257 g/mol. The zero-order chi connectivity index (χ0) is 13.3. The second-order valence-electron chi connectivity index (χ2n) is 5.23. The smallest absolute Gasteiger partial charge is 0.135 e. The fourth-order valence-corrected chi connectivity index (χ4v) is 3.30. The van der Waals surface area contributed by atoms with Crippen molar-refractivity contribution in [1.82, 2.24) is 10.2 Å². The predicted octanol–water partition coefficient (Wildman–Crippen LogP) is 1.27. The molecule has 1 aliphatic heterocycles. The number of nitriles is 1. The standard InChI is InChI=1S/C15H19N3O/c1-19-13-3-2-12-4-5-15(11-16,14(12)10-13)18-8-6-17-7-9-18/h2-3,10,17H,4-9H2,1H3. The van der Waals surface area contributed by atoms with E-state index in [-0.39, 0.29) is 0 Å². The van der Waals surface area contributed by atoms with Crippen molar-refractivity contribution >= 4 is 0 Å². The summed E-state index contributed by atoms with van der Waals surface area (Å²) in [6.07, 6.45) is 1.88. The number of nitrogens with one attached hydrogen (secondary N) is 1. The summed E-state index contributed by atoms with van der Waals surface area (Å²) in [4.78, 5) is 2.33. The van der Waals surface area contributed by atoms with E-state index < -0.39 is 5.54 Å². The first kappa shape index (κ1) is 12.5. The molecule has 1 unspecified atom stereocenters. The van der Waals surface area contributed by atoms with Gasteiger partial charge in [-0.05, 0) is 36.1 Å². The quantitative estimate of drug-likeness (QED) is 0.866. The van der Waals surface area contributed by atoms with Gasteiger partial charge in [0.05, 0.1) is 13.2 Å². The molecular formula is C15H19N3O. The van der Waals surface area contributed by atoms with Gasteiger partial charge in [-0.1, -0.05) is 6.07 Å². The summed E-state index contributed by atoms with van der Waals surface area (Å²) in [5, 5.41) is 13.2. The third kappa shape index (κ3) is 1.90. The van der Waals surface area contributed by atoms with Crippen LogP contribution in [0, 0.1) is 11.3 Å². The minimum atomic E-state index is -0.452. The number of piperazine rings is 1. The highest BCUT2D eigenvalue weighted by molar-refractivity contribution is 5.47. The van der Waals surface area contributed by atoms with E-state index in [4.69, 9.17) is 4.74 Å². The van der Waals surface area contributed by atoms with Crippen molar-refractivity contribution in [2.45, 2.75) is 18.4 Å². The normalized spacial score (nSPS) is 26.7. The summed E-state index contributed by atoms with van der Waals surface area (Å²) in [5.74, 6) is 0.843. The molecule has 1 atom stereocenters. The molecule has 1 aromatic carbocycles. The molecule has 1 heterocycles. The molecule has 3 rings (SSSR count). The number of hydrogen-bond acceptors (Lipinski definition) is 4. The number of fused-ring (bicyclic) bond motifs is 1. The molecule has 0 amide bonds. The molecule has 19 heavy (non-hydrogen) atoms. The molecule has 1 aliphatic carbocycles. The molecule has 1 N–H and O–H groups in total. The summed E-state index contributed by atoms with van der Waals surface area (Å²) in [7, 11) is 1.68. The van der Waals surface area contributed by atoms with E-state index in [1.165, 1.54) is 5.56 Å². The van der Waals surface area contributed by atoms with Gasteiger partial charge in [0, 0.05) is 26.2 Å². The van der Waals surface area contributed by atoms with Crippen LogP contribution in [0.1, 0.15) is 17.5 Å². The number of ether oxygens (including phenoxy) is 1. The fourth-order valence-electron chi connectivity index (χ4n) is 3.30. The maximum absolute atomic E-state index is 9.83. The molecular weight excluding hydrogens is 238 g/mol. The van der Waals surface area contributed by atoms with Crippen LogP contribution in [0.4, 0.5) is 0 Å². The lowest BCUT2D eigenvalue weighted by Gasteiger charge is -2.39. The molecule has 1 saturated heterocycles. The Hall–Kier alpha value is -1.57. The monoisotopic (exact) mass is 257 g/mol. The Labute approximate surface area is 114 Å². The molecule has 0 bridgehead atoms. The number of nitrogens with zero attached hydrogens (tertiary/aromatic N) is 2. The third-order valence-corrected chi connectivity index (χ3v) is 4.36. The van der Waals surface area contributed by atoms with E-state index in [1.807, 2.05) is 12.1 Å². The maximum atomic E-state index is 9.83. The molecule has 2 aliphatic rings. The molecule has 100 valence electrons. The first-order valence-electron chi connectivity index (χ1n) is 6.84. The molecule has 1 aromatic rings. The second kappa shape index (κ2) is 4.84. The van der Waals surface area contributed by atoms with Gasteiger partial charge in [0.25, 0.3) is 0 Å². The molecule has 1 fully saturated rings. The topological polar surface area (TPSA) is 48.3 Å². The Bertz CT molecular complexity index is 517. The van der Waals surface area contributed by atoms with Crippen LogP contribution in [0.25, 0.3) is 0 Å². The minimum Gasteiger partial charge on any atom is -0.497 e. The van der Waals surface area contributed by atoms with Gasteiger partial charge in [-0.15, -0.1) is 0 Å². The average Bonchev–Trinajstić information content (AvgIpc) is 2.87. The maximum Gasteiger partial charge on any atom is 0.135 e. The molecule has 0 saturated carbocycles. The van der Waals surface area contributed by atoms with Crippen molar-refractivity contribution in [2.75, 3.05) is 33.3 Å². The van der Waals surface area contributed by atoms with Crippen LogP contribution in [0.15, 0.2) is 18.2 Å². The van der Waals surface area contributed by atoms with Gasteiger partial charge >= 0.3 is 0 Å². The molecule has 0 radical (unpaired) electrons. The van der Waals surface area contributed by atoms with Gasteiger partial charge < -0.3 is 10.1 Å². The Kier molecular flexibility index (Phi) is 3.17. The van der Waals surface area contributed by atoms with Gasteiger partial charge in [0.1, 0.15) is 11.3 Å². The first-order chi connectivity index (χ1) is 9.30. The van der Waals surface area contributed by atoms with Gasteiger partial charge in [0.2, 0.25) is 0 Å². The lowest BCUT2D eigenvalue weighted by Crippen LogP contribution is -2.53. The summed E-state index contributed by atoms with van der Waals surface area (Å²) in [6, 6.07) is 8.74. The number of rotatable bonds is 2. The summed E-state index contributed by atoms with van der Waals surface area (Å²) in [5.41, 5.74) is 1.99. The Morgan fingerprint density at radius 2 is 2.16 bits per heavy atom. The largest absolute Gasteiger partial charge is 0.497 e. The second-order valence-corrected chi connectivity index (χ2v) is 5.23. The van der Waals surface area contributed by atoms with Crippen LogP contribution < -0.4 is 10.1 Å². The Balaban J connectivity index is 2.03. The molecule has 0 aromatic heterocycles. The SMILES string of the molecule is COc1ccc2c(c1)C(C#N)(N1CCNCC1)CC2. The van der Waals surface area contributed by atoms with Gasteiger partial charge in [-0.2, -0.15) is 5.26 Å². The van der Waals surface area contributed by atoms with E-state index in [2.05, 4.69) is 22.4 Å². The number of aryl methyl sites for hydroxylation is 1. The lowest BCUT2D eigenvalue weighted by atomic mass is 9.90. The van der Waals surface area contributed by atoms with E-state index in [9.17, 15) is 5.26 Å².